The number of nitrogens with one attached hydrogen (secondary N) is 1. The molecule has 0 heterocycles. The van der Waals surface area contributed by atoms with Crippen molar-refractivity contribution < 1.29 is 19.4 Å². The van der Waals surface area contributed by atoms with Crippen molar-refractivity contribution >= 4 is 11.9 Å². The largest absolute Gasteiger partial charge is 0.481 e. The highest BCUT2D eigenvalue weighted by Crippen LogP contribution is 2.47. The van der Waals surface area contributed by atoms with Gasteiger partial charge in [-0.1, -0.05) is 20.8 Å². The number of carbonyl (C=O) groups excluding carboxylic acids is 1. The predicted octanol–water partition coefficient (Wildman–Crippen LogP) is 1.66. The van der Waals surface area contributed by atoms with Gasteiger partial charge in [0.25, 0.3) is 0 Å². The quantitative estimate of drug-likeness (QED) is 0.823. The molecular formula is C15H25NO4. The molecule has 2 N–H and O–H groups in total. The maximum absolute atomic E-state index is 12.3. The summed E-state index contributed by atoms with van der Waals surface area (Å²) in [4.78, 5) is 23.2. The fourth-order valence-electron chi connectivity index (χ4n) is 4.14. The van der Waals surface area contributed by atoms with Gasteiger partial charge in [-0.15, -0.1) is 0 Å². The molecule has 2 fully saturated rings. The van der Waals surface area contributed by atoms with E-state index in [2.05, 4.69) is 26.1 Å². The fourth-order valence-corrected chi connectivity index (χ4v) is 4.14. The second kappa shape index (κ2) is 5.35. The summed E-state index contributed by atoms with van der Waals surface area (Å²) < 4.78 is 5.47. The Hall–Kier alpha value is -1.10. The molecule has 5 atom stereocenters. The number of carboxylic acid groups (broad SMARTS) is 1. The first-order valence-electron chi connectivity index (χ1n) is 7.35. The molecule has 0 saturated heterocycles. The zero-order valence-electron chi connectivity index (χ0n) is 12.7. The first kappa shape index (κ1) is 15.3. The molecule has 114 valence electrons. The summed E-state index contributed by atoms with van der Waals surface area (Å²) >= 11 is 0. The van der Waals surface area contributed by atoms with Crippen molar-refractivity contribution in [2.75, 3.05) is 7.11 Å². The molecule has 5 nitrogen and oxygen atoms in total. The van der Waals surface area contributed by atoms with Crippen LogP contribution < -0.4 is 5.32 Å². The number of amides is 1. The Morgan fingerprint density at radius 2 is 1.85 bits per heavy atom. The monoisotopic (exact) mass is 283 g/mol. The smallest absolute Gasteiger partial charge is 0.306 e. The summed E-state index contributed by atoms with van der Waals surface area (Å²) in [5.41, 5.74) is -0.0748. The minimum Gasteiger partial charge on any atom is -0.481 e. The highest BCUT2D eigenvalue weighted by atomic mass is 16.5. The SMILES string of the molecule is COC1C(C)C(NC(=O)[C@@H]2CC[C@H](C(=O)O)C2)C1(C)C. The van der Waals surface area contributed by atoms with Gasteiger partial charge < -0.3 is 15.2 Å². The van der Waals surface area contributed by atoms with E-state index in [0.717, 1.165) is 0 Å². The Kier molecular flexibility index (Phi) is 4.09. The van der Waals surface area contributed by atoms with E-state index in [1.165, 1.54) is 0 Å². The minimum atomic E-state index is -0.780. The van der Waals surface area contributed by atoms with Gasteiger partial charge in [0.15, 0.2) is 0 Å². The van der Waals surface area contributed by atoms with Gasteiger partial charge in [0, 0.05) is 30.4 Å². The Balaban J connectivity index is 1.92. The van der Waals surface area contributed by atoms with Gasteiger partial charge in [-0.25, -0.2) is 0 Å². The topological polar surface area (TPSA) is 75.6 Å². The summed E-state index contributed by atoms with van der Waals surface area (Å²) in [6.07, 6.45) is 1.91. The number of hydrogen-bond donors (Lipinski definition) is 2. The molecular weight excluding hydrogens is 258 g/mol. The van der Waals surface area contributed by atoms with E-state index in [1.807, 2.05) is 0 Å². The minimum absolute atomic E-state index is 0.00762. The van der Waals surface area contributed by atoms with Crippen LogP contribution in [0.25, 0.3) is 0 Å². The summed E-state index contributed by atoms with van der Waals surface area (Å²) in [6, 6.07) is 0.101. The number of aliphatic carboxylic acids is 1. The number of ether oxygens (including phenoxy) is 1. The second-order valence-corrected chi connectivity index (χ2v) is 6.87. The molecule has 5 heteroatoms. The highest BCUT2D eigenvalue weighted by Gasteiger charge is 2.55. The molecule has 0 aromatic heterocycles. The lowest BCUT2D eigenvalue weighted by atomic mass is 9.58. The van der Waals surface area contributed by atoms with Crippen LogP contribution in [-0.4, -0.2) is 36.2 Å². The molecule has 2 aliphatic carbocycles. The molecule has 2 saturated carbocycles. The van der Waals surface area contributed by atoms with Gasteiger partial charge in [-0.05, 0) is 19.3 Å². The molecule has 0 aliphatic heterocycles. The van der Waals surface area contributed by atoms with Crippen LogP contribution >= 0.6 is 0 Å². The maximum Gasteiger partial charge on any atom is 0.306 e. The molecule has 2 aliphatic rings. The normalized spacial score (nSPS) is 39.1. The Labute approximate surface area is 120 Å². The molecule has 0 aromatic rings. The third-order valence-electron chi connectivity index (χ3n) is 5.24. The Bertz CT molecular complexity index is 407. The zero-order valence-corrected chi connectivity index (χ0v) is 12.7. The highest BCUT2D eigenvalue weighted by molar-refractivity contribution is 5.81. The standard InChI is InChI=1S/C15H25NO4/c1-8-11(15(2,3)12(8)20-4)16-13(17)9-5-6-10(7-9)14(18)19/h8-12H,5-7H2,1-4H3,(H,16,17)(H,18,19)/t8?,9-,10+,11?,12?/m1/s1. The number of rotatable bonds is 4. The van der Waals surface area contributed by atoms with Crippen LogP contribution in [0.3, 0.4) is 0 Å². The van der Waals surface area contributed by atoms with Crippen LogP contribution in [0.15, 0.2) is 0 Å². The van der Waals surface area contributed by atoms with Crippen molar-refractivity contribution in [1.29, 1.82) is 0 Å². The van der Waals surface area contributed by atoms with Crippen LogP contribution in [0.1, 0.15) is 40.0 Å². The van der Waals surface area contributed by atoms with Crippen LogP contribution in [-0.2, 0) is 14.3 Å². The molecule has 1 amide bonds. The molecule has 0 spiro atoms. The third-order valence-corrected chi connectivity index (χ3v) is 5.24. The third kappa shape index (κ3) is 2.43. The first-order chi connectivity index (χ1) is 9.28. The van der Waals surface area contributed by atoms with E-state index in [0.29, 0.717) is 19.3 Å². The molecule has 0 radical (unpaired) electrons. The van der Waals surface area contributed by atoms with Crippen molar-refractivity contribution in [3.63, 3.8) is 0 Å². The number of carbonyl (C=O) groups is 2. The van der Waals surface area contributed by atoms with Gasteiger partial charge in [-0.2, -0.15) is 0 Å². The summed E-state index contributed by atoms with van der Waals surface area (Å²) in [6.45, 7) is 6.28. The van der Waals surface area contributed by atoms with Crippen molar-refractivity contribution in [3.8, 4) is 0 Å². The number of methoxy groups -OCH3 is 1. The van der Waals surface area contributed by atoms with E-state index >= 15 is 0 Å². The summed E-state index contributed by atoms with van der Waals surface area (Å²) in [5, 5.41) is 12.1. The first-order valence-corrected chi connectivity index (χ1v) is 7.35. The van der Waals surface area contributed by atoms with Crippen molar-refractivity contribution in [3.05, 3.63) is 0 Å². The van der Waals surface area contributed by atoms with Crippen LogP contribution in [0.4, 0.5) is 0 Å². The van der Waals surface area contributed by atoms with Crippen molar-refractivity contribution in [2.24, 2.45) is 23.2 Å². The Morgan fingerprint density at radius 3 is 2.30 bits per heavy atom. The zero-order chi connectivity index (χ0) is 15.1. The van der Waals surface area contributed by atoms with Crippen LogP contribution in [0, 0.1) is 23.2 Å². The van der Waals surface area contributed by atoms with Gasteiger partial charge >= 0.3 is 5.97 Å². The van der Waals surface area contributed by atoms with Gasteiger partial charge in [0.1, 0.15) is 0 Å². The van der Waals surface area contributed by atoms with E-state index in [4.69, 9.17) is 9.84 Å². The maximum atomic E-state index is 12.3. The molecule has 20 heavy (non-hydrogen) atoms. The van der Waals surface area contributed by atoms with Gasteiger partial charge in [0.05, 0.1) is 12.0 Å². The average Bonchev–Trinajstić information content (AvgIpc) is 2.85. The van der Waals surface area contributed by atoms with Gasteiger partial charge in [0.2, 0.25) is 5.91 Å². The Morgan fingerprint density at radius 1 is 1.25 bits per heavy atom. The van der Waals surface area contributed by atoms with E-state index < -0.39 is 5.97 Å². The van der Waals surface area contributed by atoms with Gasteiger partial charge in [-0.3, -0.25) is 9.59 Å². The summed E-state index contributed by atoms with van der Waals surface area (Å²) in [7, 11) is 1.70. The predicted molar refractivity (Wildman–Crippen MR) is 74.1 cm³/mol. The second-order valence-electron chi connectivity index (χ2n) is 6.87. The number of carboxylic acids is 1. The fraction of sp³-hybridized carbons (Fsp3) is 0.867. The summed E-state index contributed by atoms with van der Waals surface area (Å²) in [5.74, 6) is -0.995. The lowest BCUT2D eigenvalue weighted by molar-refractivity contribution is -0.156. The lowest BCUT2D eigenvalue weighted by Crippen LogP contribution is -2.68. The van der Waals surface area contributed by atoms with Crippen molar-refractivity contribution in [2.45, 2.75) is 52.2 Å². The lowest BCUT2D eigenvalue weighted by Gasteiger charge is -2.56. The van der Waals surface area contributed by atoms with E-state index in [-0.39, 0.29) is 41.2 Å². The number of hydrogen-bond acceptors (Lipinski definition) is 3. The molecule has 2 rings (SSSR count). The molecule has 0 bridgehead atoms. The molecule has 0 aromatic carbocycles. The van der Waals surface area contributed by atoms with Crippen LogP contribution in [0.5, 0.6) is 0 Å². The van der Waals surface area contributed by atoms with E-state index in [1.54, 1.807) is 7.11 Å². The van der Waals surface area contributed by atoms with Crippen molar-refractivity contribution in [1.82, 2.24) is 5.32 Å². The average molecular weight is 283 g/mol. The molecule has 3 unspecified atom stereocenters. The van der Waals surface area contributed by atoms with Crippen LogP contribution in [0.2, 0.25) is 0 Å². The van der Waals surface area contributed by atoms with E-state index in [9.17, 15) is 9.59 Å².